The lowest BCUT2D eigenvalue weighted by atomic mass is 10.0. The lowest BCUT2D eigenvalue weighted by Gasteiger charge is -2.35. The lowest BCUT2D eigenvalue weighted by molar-refractivity contribution is 0.122. The Hall–Kier alpha value is -2.63. The molecule has 2 heterocycles. The molecule has 0 atom stereocenters. The molecular formula is C31H36ClN3O. The number of hydrogen-bond donors (Lipinski definition) is 1. The van der Waals surface area contributed by atoms with Crippen molar-refractivity contribution in [2.24, 2.45) is 0 Å². The maximum Gasteiger partial charge on any atom is 0.0682 e. The highest BCUT2D eigenvalue weighted by Gasteiger charge is 2.19. The van der Waals surface area contributed by atoms with Crippen molar-refractivity contribution in [3.05, 3.63) is 94.6 Å². The van der Waals surface area contributed by atoms with Crippen molar-refractivity contribution >= 4 is 22.5 Å². The Morgan fingerprint density at radius 2 is 1.61 bits per heavy atom. The van der Waals surface area contributed by atoms with E-state index in [4.69, 9.17) is 11.6 Å². The third-order valence-corrected chi connectivity index (χ3v) is 7.71. The standard InChI is InChI=1S/C31H36ClN3O/c1-2-3-13-35-22-29(26-9-6-7-25(18-26)23-36)28-19-24(11-12-31(28)35)20-33-14-16-34(17-15-33)21-27-8-4-5-10-30(27)32/h4-12,18-19,22,36H,2-3,13-17,20-21,23H2,1H3. The van der Waals surface area contributed by atoms with Crippen LogP contribution < -0.4 is 0 Å². The van der Waals surface area contributed by atoms with E-state index in [-0.39, 0.29) is 6.61 Å². The van der Waals surface area contributed by atoms with Crippen molar-refractivity contribution in [2.75, 3.05) is 26.2 Å². The quantitative estimate of drug-likeness (QED) is 0.281. The number of piperazine rings is 1. The number of rotatable bonds is 9. The maximum absolute atomic E-state index is 9.66. The first-order valence-corrected chi connectivity index (χ1v) is 13.5. The second-order valence-electron chi connectivity index (χ2n) is 9.94. The summed E-state index contributed by atoms with van der Waals surface area (Å²) in [5.41, 5.74) is 7.24. The summed E-state index contributed by atoms with van der Waals surface area (Å²) >= 11 is 6.38. The summed E-state index contributed by atoms with van der Waals surface area (Å²) in [5, 5.41) is 11.8. The number of aromatic nitrogens is 1. The average Bonchev–Trinajstić information content (AvgIpc) is 3.27. The van der Waals surface area contributed by atoms with Crippen molar-refractivity contribution in [1.29, 1.82) is 0 Å². The van der Waals surface area contributed by atoms with E-state index >= 15 is 0 Å². The molecule has 3 aromatic carbocycles. The van der Waals surface area contributed by atoms with Crippen LogP contribution in [0.2, 0.25) is 5.02 Å². The Bertz CT molecular complexity index is 1310. The van der Waals surface area contributed by atoms with Crippen LogP contribution in [-0.4, -0.2) is 45.7 Å². The number of aryl methyl sites for hydroxylation is 1. The minimum absolute atomic E-state index is 0.0655. The fourth-order valence-electron chi connectivity index (χ4n) is 5.25. The van der Waals surface area contributed by atoms with E-state index in [0.29, 0.717) is 0 Å². The van der Waals surface area contributed by atoms with Gasteiger partial charge in [0.2, 0.25) is 0 Å². The Labute approximate surface area is 219 Å². The molecule has 1 aliphatic rings. The number of aliphatic hydroxyl groups excluding tert-OH is 1. The molecule has 0 saturated carbocycles. The smallest absolute Gasteiger partial charge is 0.0682 e. The molecule has 1 aliphatic heterocycles. The molecular weight excluding hydrogens is 466 g/mol. The number of hydrogen-bond acceptors (Lipinski definition) is 3. The summed E-state index contributed by atoms with van der Waals surface area (Å²) in [5.74, 6) is 0. The van der Waals surface area contributed by atoms with Gasteiger partial charge in [-0.1, -0.05) is 67.4 Å². The van der Waals surface area contributed by atoms with E-state index in [9.17, 15) is 5.11 Å². The summed E-state index contributed by atoms with van der Waals surface area (Å²) in [6.07, 6.45) is 4.64. The zero-order valence-electron chi connectivity index (χ0n) is 21.2. The molecule has 1 aromatic heterocycles. The predicted molar refractivity (Wildman–Crippen MR) is 150 cm³/mol. The first-order valence-electron chi connectivity index (χ1n) is 13.1. The van der Waals surface area contributed by atoms with Gasteiger partial charge in [-0.05, 0) is 52.9 Å². The fourth-order valence-corrected chi connectivity index (χ4v) is 5.45. The number of benzene rings is 3. The van der Waals surface area contributed by atoms with Gasteiger partial charge in [-0.25, -0.2) is 0 Å². The van der Waals surface area contributed by atoms with Crippen LogP contribution in [0.15, 0.2) is 72.9 Å². The summed E-state index contributed by atoms with van der Waals surface area (Å²) < 4.78 is 2.40. The van der Waals surface area contributed by atoms with E-state index in [1.165, 1.54) is 46.0 Å². The Balaban J connectivity index is 1.33. The first-order chi connectivity index (χ1) is 17.6. The van der Waals surface area contributed by atoms with Gasteiger partial charge in [0, 0.05) is 73.5 Å². The van der Waals surface area contributed by atoms with E-state index in [2.05, 4.69) is 70.0 Å². The highest BCUT2D eigenvalue weighted by molar-refractivity contribution is 6.31. The van der Waals surface area contributed by atoms with Crippen molar-refractivity contribution in [3.8, 4) is 11.1 Å². The molecule has 0 aliphatic carbocycles. The van der Waals surface area contributed by atoms with Crippen molar-refractivity contribution in [1.82, 2.24) is 14.4 Å². The van der Waals surface area contributed by atoms with Gasteiger partial charge in [-0.15, -0.1) is 0 Å². The molecule has 4 aromatic rings. The van der Waals surface area contributed by atoms with Crippen LogP contribution in [0.4, 0.5) is 0 Å². The monoisotopic (exact) mass is 501 g/mol. The number of nitrogens with zero attached hydrogens (tertiary/aromatic N) is 3. The van der Waals surface area contributed by atoms with E-state index in [0.717, 1.165) is 56.4 Å². The molecule has 36 heavy (non-hydrogen) atoms. The second-order valence-corrected chi connectivity index (χ2v) is 10.4. The largest absolute Gasteiger partial charge is 0.392 e. The normalized spacial score (nSPS) is 15.1. The molecule has 5 heteroatoms. The number of fused-ring (bicyclic) bond motifs is 1. The highest BCUT2D eigenvalue weighted by atomic mass is 35.5. The van der Waals surface area contributed by atoms with Gasteiger partial charge in [0.1, 0.15) is 0 Å². The zero-order chi connectivity index (χ0) is 24.9. The minimum atomic E-state index is 0.0655. The Kier molecular flexibility index (Phi) is 8.08. The second kappa shape index (κ2) is 11.6. The van der Waals surface area contributed by atoms with Crippen molar-refractivity contribution in [3.63, 3.8) is 0 Å². The van der Waals surface area contributed by atoms with Crippen molar-refractivity contribution in [2.45, 2.75) is 46.0 Å². The third-order valence-electron chi connectivity index (χ3n) is 7.34. The van der Waals surface area contributed by atoms with Gasteiger partial charge in [0.05, 0.1) is 6.61 Å². The number of aliphatic hydroxyl groups is 1. The fraction of sp³-hybridized carbons (Fsp3) is 0.355. The van der Waals surface area contributed by atoms with Gasteiger partial charge < -0.3 is 9.67 Å². The van der Waals surface area contributed by atoms with Gasteiger partial charge in [0.25, 0.3) is 0 Å². The van der Waals surface area contributed by atoms with E-state index in [1.54, 1.807) is 0 Å². The van der Waals surface area contributed by atoms with Crippen LogP contribution >= 0.6 is 11.6 Å². The third kappa shape index (κ3) is 5.68. The molecule has 1 N–H and O–H groups in total. The number of unbranched alkanes of at least 4 members (excludes halogenated alkanes) is 1. The molecule has 1 saturated heterocycles. The van der Waals surface area contributed by atoms with E-state index in [1.807, 2.05) is 24.3 Å². The van der Waals surface area contributed by atoms with Crippen LogP contribution in [0.5, 0.6) is 0 Å². The molecule has 5 rings (SSSR count). The van der Waals surface area contributed by atoms with Crippen LogP contribution in [0.3, 0.4) is 0 Å². The van der Waals surface area contributed by atoms with E-state index < -0.39 is 0 Å². The lowest BCUT2D eigenvalue weighted by Crippen LogP contribution is -2.45. The molecule has 0 unspecified atom stereocenters. The Morgan fingerprint density at radius 1 is 0.833 bits per heavy atom. The predicted octanol–water partition coefficient (Wildman–Crippen LogP) is 6.57. The molecule has 1 fully saturated rings. The Morgan fingerprint density at radius 3 is 2.36 bits per heavy atom. The first kappa shape index (κ1) is 25.0. The zero-order valence-corrected chi connectivity index (χ0v) is 21.9. The summed E-state index contributed by atoms with van der Waals surface area (Å²) in [4.78, 5) is 5.06. The highest BCUT2D eigenvalue weighted by Crippen LogP contribution is 2.33. The summed E-state index contributed by atoms with van der Waals surface area (Å²) in [6.45, 7) is 9.45. The summed E-state index contributed by atoms with van der Waals surface area (Å²) in [6, 6.07) is 23.4. The van der Waals surface area contributed by atoms with Crippen LogP contribution in [0.25, 0.3) is 22.0 Å². The topological polar surface area (TPSA) is 31.6 Å². The van der Waals surface area contributed by atoms with Crippen LogP contribution in [-0.2, 0) is 26.2 Å². The van der Waals surface area contributed by atoms with Gasteiger partial charge in [0.15, 0.2) is 0 Å². The molecule has 4 nitrogen and oxygen atoms in total. The number of halogens is 1. The molecule has 0 amide bonds. The van der Waals surface area contributed by atoms with Crippen LogP contribution in [0, 0.1) is 0 Å². The van der Waals surface area contributed by atoms with Crippen molar-refractivity contribution < 1.29 is 5.11 Å². The molecule has 0 spiro atoms. The molecule has 188 valence electrons. The SMILES string of the molecule is CCCCn1cc(-c2cccc(CO)c2)c2cc(CN3CCN(Cc4ccccc4Cl)CC3)ccc21. The molecule has 0 radical (unpaired) electrons. The maximum atomic E-state index is 9.66. The van der Waals surface area contributed by atoms with Crippen LogP contribution in [0.1, 0.15) is 36.5 Å². The van der Waals surface area contributed by atoms with Gasteiger partial charge >= 0.3 is 0 Å². The van der Waals surface area contributed by atoms with Gasteiger partial charge in [-0.2, -0.15) is 0 Å². The molecule has 0 bridgehead atoms. The average molecular weight is 502 g/mol. The summed E-state index contributed by atoms with van der Waals surface area (Å²) in [7, 11) is 0. The van der Waals surface area contributed by atoms with Gasteiger partial charge in [-0.3, -0.25) is 9.80 Å². The minimum Gasteiger partial charge on any atom is -0.392 e.